The molecule has 1 saturated heterocycles. The molecule has 0 aliphatic carbocycles. The zero-order valence-electron chi connectivity index (χ0n) is 17.0. The molecule has 0 unspecified atom stereocenters. The van der Waals surface area contributed by atoms with Crippen LogP contribution in [0.5, 0.6) is 11.5 Å². The first-order valence-electron chi connectivity index (χ1n) is 9.56. The Kier molecular flexibility index (Phi) is 5.03. The van der Waals surface area contributed by atoms with E-state index in [1.807, 2.05) is 18.2 Å². The number of ether oxygens (including phenoxy) is 2. The Morgan fingerprint density at radius 2 is 2.00 bits per heavy atom. The lowest BCUT2D eigenvalue weighted by Gasteiger charge is -2.26. The van der Waals surface area contributed by atoms with Crippen molar-refractivity contribution < 1.29 is 14.3 Å². The summed E-state index contributed by atoms with van der Waals surface area (Å²) in [5.41, 5.74) is 0.274. The summed E-state index contributed by atoms with van der Waals surface area (Å²) in [5, 5.41) is 0.192. The number of likely N-dealkylation sites (tertiary alicyclic amines) is 1. The van der Waals surface area contributed by atoms with Gasteiger partial charge in [-0.3, -0.25) is 19.1 Å². The van der Waals surface area contributed by atoms with Gasteiger partial charge in [0.05, 0.1) is 31.2 Å². The van der Waals surface area contributed by atoms with Crippen LogP contribution in [0.25, 0.3) is 11.0 Å². The predicted octanol–water partition coefficient (Wildman–Crippen LogP) is 1.62. The third-order valence-corrected chi connectivity index (χ3v) is 5.51. The summed E-state index contributed by atoms with van der Waals surface area (Å²) in [6.45, 7) is 0.575. The summed E-state index contributed by atoms with van der Waals surface area (Å²) in [7, 11) is 4.70. The molecule has 30 heavy (non-hydrogen) atoms. The smallest absolute Gasteiger partial charge is 0.329 e. The van der Waals surface area contributed by atoms with Gasteiger partial charge in [0.25, 0.3) is 11.5 Å². The predicted molar refractivity (Wildman–Crippen MR) is 110 cm³/mol. The van der Waals surface area contributed by atoms with Gasteiger partial charge in [-0.05, 0) is 37.1 Å². The van der Waals surface area contributed by atoms with Crippen LogP contribution in [0.1, 0.15) is 34.8 Å². The summed E-state index contributed by atoms with van der Waals surface area (Å²) in [4.78, 5) is 45.5. The monoisotopic (exact) mass is 410 g/mol. The molecule has 1 amide bonds. The molecule has 2 aromatic heterocycles. The van der Waals surface area contributed by atoms with Crippen molar-refractivity contribution in [3.8, 4) is 11.5 Å². The third-order valence-electron chi connectivity index (χ3n) is 5.51. The van der Waals surface area contributed by atoms with Gasteiger partial charge in [-0.15, -0.1) is 0 Å². The first kappa shape index (κ1) is 19.7. The molecule has 1 fully saturated rings. The van der Waals surface area contributed by atoms with Crippen LogP contribution in [0.15, 0.2) is 40.1 Å². The van der Waals surface area contributed by atoms with E-state index in [0.29, 0.717) is 23.6 Å². The third kappa shape index (κ3) is 3.22. The molecule has 1 atom stereocenters. The Bertz CT molecular complexity index is 1250. The van der Waals surface area contributed by atoms with E-state index >= 15 is 0 Å². The number of amides is 1. The van der Waals surface area contributed by atoms with Crippen molar-refractivity contribution in [2.24, 2.45) is 7.05 Å². The summed E-state index contributed by atoms with van der Waals surface area (Å²) in [5.74, 6) is 1.14. The number of H-pyrrole nitrogens is 1. The fourth-order valence-electron chi connectivity index (χ4n) is 3.95. The van der Waals surface area contributed by atoms with Gasteiger partial charge in [-0.25, -0.2) is 9.78 Å². The van der Waals surface area contributed by atoms with Crippen LogP contribution in [-0.2, 0) is 7.05 Å². The summed E-state index contributed by atoms with van der Waals surface area (Å²) in [6, 6.07) is 6.83. The van der Waals surface area contributed by atoms with Crippen LogP contribution in [0, 0.1) is 0 Å². The number of hydrogen-bond acceptors (Lipinski definition) is 6. The molecule has 9 nitrogen and oxygen atoms in total. The van der Waals surface area contributed by atoms with Gasteiger partial charge in [0, 0.05) is 25.4 Å². The Balaban J connectivity index is 1.75. The van der Waals surface area contributed by atoms with E-state index in [-0.39, 0.29) is 23.0 Å². The Hall–Kier alpha value is -3.62. The maximum atomic E-state index is 13.3. The number of nitrogens with zero attached hydrogens (tertiary/aromatic N) is 3. The van der Waals surface area contributed by atoms with Gasteiger partial charge in [-0.2, -0.15) is 0 Å². The minimum Gasteiger partial charge on any atom is -0.497 e. The number of fused-ring (bicyclic) bond motifs is 1. The van der Waals surface area contributed by atoms with Crippen LogP contribution in [0.4, 0.5) is 0 Å². The molecular weight excluding hydrogens is 388 g/mol. The molecule has 0 saturated carbocycles. The molecule has 1 aliphatic rings. The molecule has 1 aromatic carbocycles. The van der Waals surface area contributed by atoms with Gasteiger partial charge < -0.3 is 14.4 Å². The molecule has 1 aliphatic heterocycles. The number of aromatic nitrogens is 3. The quantitative estimate of drug-likeness (QED) is 0.701. The van der Waals surface area contributed by atoms with E-state index < -0.39 is 11.2 Å². The lowest BCUT2D eigenvalue weighted by atomic mass is 10.0. The number of methoxy groups -OCH3 is 2. The fraction of sp³-hybridized carbons (Fsp3) is 0.333. The maximum absolute atomic E-state index is 13.3. The van der Waals surface area contributed by atoms with E-state index in [2.05, 4.69) is 9.97 Å². The molecule has 3 aromatic rings. The van der Waals surface area contributed by atoms with Crippen molar-refractivity contribution in [3.63, 3.8) is 0 Å². The molecule has 0 spiro atoms. The summed E-state index contributed by atoms with van der Waals surface area (Å²) < 4.78 is 12.1. The van der Waals surface area contributed by atoms with Crippen LogP contribution in [0.2, 0.25) is 0 Å². The highest BCUT2D eigenvalue weighted by molar-refractivity contribution is 5.97. The van der Waals surface area contributed by atoms with Crippen molar-refractivity contribution in [1.29, 1.82) is 0 Å². The Morgan fingerprint density at radius 3 is 2.73 bits per heavy atom. The van der Waals surface area contributed by atoms with E-state index in [1.54, 1.807) is 19.1 Å². The first-order chi connectivity index (χ1) is 14.4. The van der Waals surface area contributed by atoms with E-state index in [0.717, 1.165) is 18.4 Å². The lowest BCUT2D eigenvalue weighted by molar-refractivity contribution is 0.0733. The van der Waals surface area contributed by atoms with Crippen LogP contribution in [0.3, 0.4) is 0 Å². The minimum absolute atomic E-state index is 0.184. The number of pyridine rings is 1. The molecule has 4 rings (SSSR count). The minimum atomic E-state index is -0.567. The second-order valence-corrected chi connectivity index (χ2v) is 7.18. The Labute approximate surface area is 171 Å². The van der Waals surface area contributed by atoms with Crippen molar-refractivity contribution in [1.82, 2.24) is 19.4 Å². The Morgan fingerprint density at radius 1 is 1.20 bits per heavy atom. The van der Waals surface area contributed by atoms with Crippen molar-refractivity contribution in [3.05, 3.63) is 62.4 Å². The highest BCUT2D eigenvalue weighted by atomic mass is 16.5. The number of carbonyl (C=O) groups excluding carboxylic acids is 1. The molecule has 3 heterocycles. The van der Waals surface area contributed by atoms with E-state index in [9.17, 15) is 14.4 Å². The molecular formula is C21H22N4O5. The van der Waals surface area contributed by atoms with Crippen LogP contribution < -0.4 is 20.7 Å². The number of carbonyl (C=O) groups is 1. The number of benzene rings is 1. The maximum Gasteiger partial charge on any atom is 0.329 e. The second-order valence-electron chi connectivity index (χ2n) is 7.18. The normalized spacial score (nSPS) is 16.1. The zero-order chi connectivity index (χ0) is 21.4. The molecule has 1 N–H and O–H groups in total. The molecule has 156 valence electrons. The van der Waals surface area contributed by atoms with E-state index in [4.69, 9.17) is 9.47 Å². The van der Waals surface area contributed by atoms with Crippen molar-refractivity contribution >= 4 is 16.9 Å². The molecule has 0 bridgehead atoms. The molecule has 9 heteroatoms. The van der Waals surface area contributed by atoms with Gasteiger partial charge in [-0.1, -0.05) is 0 Å². The number of nitrogens with one attached hydrogen (secondary N) is 1. The SMILES string of the molecule is COc1ccc(OC)c([C@H]2CCCN2C(=O)c2cnc3c(c2)c(=O)[nH]c(=O)n3C)c1. The largest absolute Gasteiger partial charge is 0.497 e. The first-order valence-corrected chi connectivity index (χ1v) is 9.56. The second kappa shape index (κ2) is 7.66. The average molecular weight is 410 g/mol. The highest BCUT2D eigenvalue weighted by Crippen LogP contribution is 2.39. The summed E-state index contributed by atoms with van der Waals surface area (Å²) in [6.07, 6.45) is 3.03. The van der Waals surface area contributed by atoms with Crippen molar-refractivity contribution in [2.75, 3.05) is 20.8 Å². The van der Waals surface area contributed by atoms with Crippen molar-refractivity contribution in [2.45, 2.75) is 18.9 Å². The van der Waals surface area contributed by atoms with Gasteiger partial charge >= 0.3 is 5.69 Å². The van der Waals surface area contributed by atoms with Crippen LogP contribution in [-0.4, -0.2) is 46.1 Å². The fourth-order valence-corrected chi connectivity index (χ4v) is 3.95. The number of hydrogen-bond donors (Lipinski definition) is 1. The average Bonchev–Trinajstić information content (AvgIpc) is 3.26. The van der Waals surface area contributed by atoms with Crippen LogP contribution >= 0.6 is 0 Å². The van der Waals surface area contributed by atoms with Gasteiger partial charge in [0.2, 0.25) is 0 Å². The van der Waals surface area contributed by atoms with E-state index in [1.165, 1.54) is 23.9 Å². The van der Waals surface area contributed by atoms with Gasteiger partial charge in [0.1, 0.15) is 17.1 Å². The number of aryl methyl sites for hydroxylation is 1. The zero-order valence-corrected chi connectivity index (χ0v) is 17.0. The standard InChI is InChI=1S/C21H22N4O5/c1-24-18-15(19(26)23-21(24)28)9-12(11-22-18)20(27)25-8-4-5-16(25)14-10-13(29-2)6-7-17(14)30-3/h6-7,9-11,16H,4-5,8H2,1-3H3,(H,23,26,28)/t16-/m1/s1. The summed E-state index contributed by atoms with van der Waals surface area (Å²) >= 11 is 0. The highest BCUT2D eigenvalue weighted by Gasteiger charge is 2.33. The number of aromatic amines is 1. The topological polar surface area (TPSA) is 107 Å². The lowest BCUT2D eigenvalue weighted by Crippen LogP contribution is -2.32. The number of rotatable bonds is 4. The molecule has 0 radical (unpaired) electrons. The van der Waals surface area contributed by atoms with Gasteiger partial charge in [0.15, 0.2) is 0 Å².